The summed E-state index contributed by atoms with van der Waals surface area (Å²) < 4.78 is 38.0. The lowest BCUT2D eigenvalue weighted by Gasteiger charge is -2.26. The smallest absolute Gasteiger partial charge is 0.248 e. The molecule has 160 valence electrons. The molecule has 0 atom stereocenters. The second-order valence-electron chi connectivity index (χ2n) is 6.49. The summed E-state index contributed by atoms with van der Waals surface area (Å²) in [6.45, 7) is 3.47. The van der Waals surface area contributed by atoms with E-state index < -0.39 is 15.9 Å². The number of carbonyl (C=O) groups excluding carboxylic acids is 1. The molecule has 0 spiro atoms. The molecule has 1 aliphatic rings. The van der Waals surface area contributed by atoms with E-state index in [1.165, 1.54) is 22.5 Å². The van der Waals surface area contributed by atoms with E-state index in [0.717, 1.165) is 5.56 Å². The van der Waals surface area contributed by atoms with Gasteiger partial charge in [-0.05, 0) is 48.9 Å². The minimum atomic E-state index is -3.70. The summed E-state index contributed by atoms with van der Waals surface area (Å²) in [5.74, 6) is -0.0280. The first-order valence-electron chi connectivity index (χ1n) is 9.49. The molecule has 2 aromatic rings. The number of nitrogens with one attached hydrogen (secondary N) is 1. The molecule has 9 heteroatoms. The maximum absolute atomic E-state index is 12.9. The molecule has 7 nitrogen and oxygen atoms in total. The van der Waals surface area contributed by atoms with Gasteiger partial charge in [-0.1, -0.05) is 23.7 Å². The Balaban J connectivity index is 1.83. The van der Waals surface area contributed by atoms with E-state index in [9.17, 15) is 13.2 Å². The van der Waals surface area contributed by atoms with Gasteiger partial charge in [-0.2, -0.15) is 4.31 Å². The van der Waals surface area contributed by atoms with E-state index >= 15 is 0 Å². The minimum absolute atomic E-state index is 0.0852. The molecule has 1 heterocycles. The molecule has 0 radical (unpaired) electrons. The topological polar surface area (TPSA) is 84.9 Å². The fourth-order valence-corrected chi connectivity index (χ4v) is 4.57. The van der Waals surface area contributed by atoms with E-state index in [4.69, 9.17) is 21.1 Å². The van der Waals surface area contributed by atoms with Crippen LogP contribution in [0.15, 0.2) is 53.4 Å². The molecule has 1 saturated heterocycles. The van der Waals surface area contributed by atoms with E-state index in [2.05, 4.69) is 5.32 Å². The Morgan fingerprint density at radius 3 is 2.70 bits per heavy atom. The molecule has 2 aromatic carbocycles. The number of benzene rings is 2. The molecule has 0 bridgehead atoms. The second-order valence-corrected chi connectivity index (χ2v) is 8.86. The molecule has 1 amide bonds. The van der Waals surface area contributed by atoms with Gasteiger partial charge in [0.2, 0.25) is 15.9 Å². The van der Waals surface area contributed by atoms with Gasteiger partial charge in [0.05, 0.1) is 30.4 Å². The lowest BCUT2D eigenvalue weighted by Crippen LogP contribution is -2.40. The second kappa shape index (κ2) is 10.1. The average molecular weight is 451 g/mol. The summed E-state index contributed by atoms with van der Waals surface area (Å²) in [4.78, 5) is 12.5. The molecule has 3 rings (SSSR count). The zero-order valence-electron chi connectivity index (χ0n) is 16.5. The zero-order chi connectivity index (χ0) is 21.6. The van der Waals surface area contributed by atoms with Crippen LogP contribution in [0.2, 0.25) is 5.02 Å². The van der Waals surface area contributed by atoms with Crippen molar-refractivity contribution in [2.75, 3.05) is 38.2 Å². The first-order valence-corrected chi connectivity index (χ1v) is 11.3. The fraction of sp³-hybridized carbons (Fsp3) is 0.286. The van der Waals surface area contributed by atoms with Gasteiger partial charge in [0.1, 0.15) is 5.75 Å². The number of morpholine rings is 1. The highest BCUT2D eigenvalue weighted by Gasteiger charge is 2.27. The summed E-state index contributed by atoms with van der Waals surface area (Å²) >= 11 is 5.95. The molecule has 0 unspecified atom stereocenters. The number of hydrogen-bond acceptors (Lipinski definition) is 5. The van der Waals surface area contributed by atoms with Crippen molar-refractivity contribution in [1.29, 1.82) is 0 Å². The maximum Gasteiger partial charge on any atom is 0.248 e. The summed E-state index contributed by atoms with van der Waals surface area (Å²) in [7, 11) is -3.70. The molecule has 0 aliphatic carbocycles. The third-order valence-corrected chi connectivity index (χ3v) is 6.52. The summed E-state index contributed by atoms with van der Waals surface area (Å²) in [6.07, 6.45) is 2.97. The predicted molar refractivity (Wildman–Crippen MR) is 116 cm³/mol. The first-order chi connectivity index (χ1) is 14.4. The third-order valence-electron chi connectivity index (χ3n) is 4.39. The number of halogens is 1. The summed E-state index contributed by atoms with van der Waals surface area (Å²) in [5, 5.41) is 3.27. The van der Waals surface area contributed by atoms with E-state index in [0.29, 0.717) is 43.7 Å². The Morgan fingerprint density at radius 1 is 1.23 bits per heavy atom. The first kappa shape index (κ1) is 22.3. The van der Waals surface area contributed by atoms with E-state index in [-0.39, 0.29) is 10.6 Å². The van der Waals surface area contributed by atoms with Gasteiger partial charge in [-0.15, -0.1) is 0 Å². The normalized spacial score (nSPS) is 15.3. The van der Waals surface area contributed by atoms with Crippen LogP contribution in [0, 0.1) is 0 Å². The van der Waals surface area contributed by atoms with Crippen LogP contribution in [0.3, 0.4) is 0 Å². The van der Waals surface area contributed by atoms with Crippen LogP contribution < -0.4 is 10.1 Å². The van der Waals surface area contributed by atoms with Gasteiger partial charge in [-0.3, -0.25) is 4.79 Å². The van der Waals surface area contributed by atoms with Crippen LogP contribution in [0.5, 0.6) is 5.75 Å². The van der Waals surface area contributed by atoms with Crippen molar-refractivity contribution in [2.24, 2.45) is 0 Å². The predicted octanol–water partition coefficient (Wildman–Crippen LogP) is 3.41. The number of carbonyl (C=O) groups is 1. The van der Waals surface area contributed by atoms with Crippen molar-refractivity contribution in [3.05, 3.63) is 59.1 Å². The van der Waals surface area contributed by atoms with Crippen molar-refractivity contribution in [3.63, 3.8) is 0 Å². The molecule has 0 saturated carbocycles. The number of rotatable bonds is 7. The molecule has 0 aromatic heterocycles. The van der Waals surface area contributed by atoms with E-state index in [1.807, 2.05) is 13.0 Å². The Labute approximate surface area is 181 Å². The highest BCUT2D eigenvalue weighted by molar-refractivity contribution is 7.89. The Kier molecular flexibility index (Phi) is 7.49. The molecular formula is C21H23ClN2O5S. The monoisotopic (exact) mass is 450 g/mol. The van der Waals surface area contributed by atoms with Gasteiger partial charge in [0, 0.05) is 24.2 Å². The number of sulfonamides is 1. The van der Waals surface area contributed by atoms with Crippen molar-refractivity contribution >= 4 is 39.3 Å². The quantitative estimate of drug-likeness (QED) is 0.653. The lowest BCUT2D eigenvalue weighted by atomic mass is 10.2. The molecule has 1 aliphatic heterocycles. The van der Waals surface area contributed by atoms with Crippen LogP contribution in [-0.2, 0) is 19.6 Å². The highest BCUT2D eigenvalue weighted by atomic mass is 35.5. The zero-order valence-corrected chi connectivity index (χ0v) is 18.1. The molecular weight excluding hydrogens is 428 g/mol. The maximum atomic E-state index is 12.9. The van der Waals surface area contributed by atoms with Gasteiger partial charge >= 0.3 is 0 Å². The Bertz CT molecular complexity index is 1030. The van der Waals surface area contributed by atoms with Crippen LogP contribution in [0.1, 0.15) is 12.5 Å². The van der Waals surface area contributed by atoms with Crippen LogP contribution in [0.25, 0.3) is 6.08 Å². The van der Waals surface area contributed by atoms with Gasteiger partial charge in [-0.25, -0.2) is 8.42 Å². The van der Waals surface area contributed by atoms with Gasteiger partial charge in [0.15, 0.2) is 0 Å². The number of nitrogens with zero attached hydrogens (tertiary/aromatic N) is 1. The van der Waals surface area contributed by atoms with Crippen molar-refractivity contribution < 1.29 is 22.7 Å². The summed E-state index contributed by atoms with van der Waals surface area (Å²) in [6, 6.07) is 11.5. The SMILES string of the molecule is CCOc1ccc(S(=O)(=O)N2CCOCC2)cc1NC(=O)/C=C/c1cccc(Cl)c1. The van der Waals surface area contributed by atoms with Crippen molar-refractivity contribution in [2.45, 2.75) is 11.8 Å². The van der Waals surface area contributed by atoms with Gasteiger partial charge < -0.3 is 14.8 Å². The number of anilines is 1. The number of amides is 1. The number of hydrogen-bond donors (Lipinski definition) is 1. The molecule has 30 heavy (non-hydrogen) atoms. The Morgan fingerprint density at radius 2 is 2.00 bits per heavy atom. The van der Waals surface area contributed by atoms with E-state index in [1.54, 1.807) is 30.3 Å². The Hall–Kier alpha value is -2.39. The van der Waals surface area contributed by atoms with Crippen molar-refractivity contribution in [1.82, 2.24) is 4.31 Å². The van der Waals surface area contributed by atoms with Crippen molar-refractivity contribution in [3.8, 4) is 5.75 Å². The minimum Gasteiger partial charge on any atom is -0.492 e. The van der Waals surface area contributed by atoms with Crippen LogP contribution in [-0.4, -0.2) is 51.5 Å². The fourth-order valence-electron chi connectivity index (χ4n) is 2.94. The molecule has 1 N–H and O–H groups in total. The number of ether oxygens (including phenoxy) is 2. The largest absolute Gasteiger partial charge is 0.492 e. The van der Waals surface area contributed by atoms with Crippen LogP contribution >= 0.6 is 11.6 Å². The van der Waals surface area contributed by atoms with Gasteiger partial charge in [0.25, 0.3) is 0 Å². The van der Waals surface area contributed by atoms with Crippen LogP contribution in [0.4, 0.5) is 5.69 Å². The average Bonchev–Trinajstić information content (AvgIpc) is 2.74. The highest BCUT2D eigenvalue weighted by Crippen LogP contribution is 2.29. The standard InChI is InChI=1S/C21H23ClN2O5S/c1-2-29-20-8-7-18(30(26,27)24-10-12-28-13-11-24)15-19(20)23-21(25)9-6-16-4-3-5-17(22)14-16/h3-9,14-15H,2,10-13H2,1H3,(H,23,25)/b9-6+. The summed E-state index contributed by atoms with van der Waals surface area (Å²) in [5.41, 5.74) is 1.05. The third kappa shape index (κ3) is 5.60. The molecule has 1 fully saturated rings. The lowest BCUT2D eigenvalue weighted by molar-refractivity contribution is -0.111.